The first-order valence-corrected chi connectivity index (χ1v) is 7.88. The molecule has 136 valence electrons. The highest BCUT2D eigenvalue weighted by atomic mass is 127. The van der Waals surface area contributed by atoms with E-state index in [0.717, 1.165) is 37.6 Å². The van der Waals surface area contributed by atoms with Gasteiger partial charge >= 0.3 is 0 Å². The molecule has 0 bridgehead atoms. The minimum absolute atomic E-state index is 0. The zero-order valence-electron chi connectivity index (χ0n) is 14.5. The van der Waals surface area contributed by atoms with Gasteiger partial charge in [-0.3, -0.25) is 4.99 Å². The lowest BCUT2D eigenvalue weighted by atomic mass is 9.94. The van der Waals surface area contributed by atoms with Crippen molar-refractivity contribution in [2.75, 3.05) is 41.0 Å². The Morgan fingerprint density at radius 2 is 1.96 bits per heavy atom. The number of hydrogen-bond acceptors (Lipinski definition) is 3. The van der Waals surface area contributed by atoms with Crippen molar-refractivity contribution in [2.45, 2.75) is 25.0 Å². The molecule has 0 amide bonds. The molecule has 1 fully saturated rings. The summed E-state index contributed by atoms with van der Waals surface area (Å²) in [5.74, 6) is 0.567. The van der Waals surface area contributed by atoms with Crippen LogP contribution in [0, 0.1) is 5.82 Å². The molecule has 1 aromatic rings. The van der Waals surface area contributed by atoms with E-state index in [4.69, 9.17) is 9.47 Å². The molecule has 0 atom stereocenters. The van der Waals surface area contributed by atoms with Crippen LogP contribution >= 0.6 is 24.0 Å². The number of nitrogens with zero attached hydrogens (tertiary/aromatic N) is 2. The fraction of sp³-hybridized carbons (Fsp3) is 0.588. The number of aliphatic imine (C=N–C) groups is 1. The lowest BCUT2D eigenvalue weighted by Crippen LogP contribution is -2.50. The minimum atomic E-state index is -0.222. The number of guanidine groups is 1. The average Bonchev–Trinajstić information content (AvgIpc) is 2.58. The number of nitrogens with one attached hydrogen (secondary N) is 1. The molecular formula is C17H27FIN3O2. The number of benzene rings is 1. The van der Waals surface area contributed by atoms with Gasteiger partial charge in [0.2, 0.25) is 0 Å². The van der Waals surface area contributed by atoms with Crippen molar-refractivity contribution in [1.29, 1.82) is 0 Å². The maximum absolute atomic E-state index is 13.0. The highest BCUT2D eigenvalue weighted by Crippen LogP contribution is 2.23. The van der Waals surface area contributed by atoms with Crippen LogP contribution in [0.2, 0.25) is 0 Å². The Kier molecular flexibility index (Phi) is 8.93. The number of halogens is 2. The summed E-state index contributed by atoms with van der Waals surface area (Å²) in [5.41, 5.74) is 0.828. The molecule has 2 rings (SSSR count). The van der Waals surface area contributed by atoms with Gasteiger partial charge in [-0.15, -0.1) is 24.0 Å². The summed E-state index contributed by atoms with van der Waals surface area (Å²) in [5, 5.41) is 3.38. The number of ether oxygens (including phenoxy) is 2. The smallest absolute Gasteiger partial charge is 0.193 e. The van der Waals surface area contributed by atoms with Gasteiger partial charge < -0.3 is 19.7 Å². The maximum Gasteiger partial charge on any atom is 0.193 e. The number of methoxy groups -OCH3 is 1. The van der Waals surface area contributed by atoms with Gasteiger partial charge in [-0.2, -0.15) is 0 Å². The number of rotatable bonds is 5. The van der Waals surface area contributed by atoms with Crippen molar-refractivity contribution in [3.63, 3.8) is 0 Å². The highest BCUT2D eigenvalue weighted by Gasteiger charge is 2.32. The summed E-state index contributed by atoms with van der Waals surface area (Å²) in [4.78, 5) is 6.33. The summed E-state index contributed by atoms with van der Waals surface area (Å²) in [7, 11) is 5.47. The van der Waals surface area contributed by atoms with Crippen LogP contribution in [0.15, 0.2) is 29.3 Å². The van der Waals surface area contributed by atoms with E-state index < -0.39 is 0 Å². The standard InChI is InChI=1S/C17H26FN3O2.HI/c1-19-16(20-13-17(22-3)8-10-23-11-9-17)21(2)12-14-4-6-15(18)7-5-14;/h4-7H,8-13H2,1-3H3,(H,19,20);1H. The second-order valence-corrected chi connectivity index (χ2v) is 5.88. The lowest BCUT2D eigenvalue weighted by molar-refractivity contribution is -0.0857. The molecule has 1 N–H and O–H groups in total. The van der Waals surface area contributed by atoms with Gasteiger partial charge in [0.25, 0.3) is 0 Å². The van der Waals surface area contributed by atoms with E-state index in [1.165, 1.54) is 12.1 Å². The Balaban J connectivity index is 0.00000288. The number of hydrogen-bond donors (Lipinski definition) is 1. The van der Waals surface area contributed by atoms with Crippen molar-refractivity contribution in [2.24, 2.45) is 4.99 Å². The summed E-state index contributed by atoms with van der Waals surface area (Å²) >= 11 is 0. The Morgan fingerprint density at radius 1 is 1.33 bits per heavy atom. The van der Waals surface area contributed by atoms with Gasteiger partial charge in [-0.25, -0.2) is 4.39 Å². The van der Waals surface area contributed by atoms with E-state index >= 15 is 0 Å². The second-order valence-electron chi connectivity index (χ2n) is 5.88. The molecule has 0 saturated carbocycles. The molecule has 1 aliphatic heterocycles. The third-order valence-electron chi connectivity index (χ3n) is 4.31. The molecule has 0 radical (unpaired) electrons. The Hall–Kier alpha value is -0.930. The van der Waals surface area contributed by atoms with Crippen molar-refractivity contribution in [3.8, 4) is 0 Å². The molecule has 1 saturated heterocycles. The third-order valence-corrected chi connectivity index (χ3v) is 4.31. The maximum atomic E-state index is 13.0. The average molecular weight is 451 g/mol. The molecule has 0 aromatic heterocycles. The van der Waals surface area contributed by atoms with E-state index in [0.29, 0.717) is 13.1 Å². The summed E-state index contributed by atoms with van der Waals surface area (Å²) in [6.45, 7) is 2.79. The van der Waals surface area contributed by atoms with E-state index in [1.54, 1.807) is 26.3 Å². The van der Waals surface area contributed by atoms with Crippen molar-refractivity contribution >= 4 is 29.9 Å². The molecule has 1 aliphatic rings. The monoisotopic (exact) mass is 451 g/mol. The zero-order valence-corrected chi connectivity index (χ0v) is 16.9. The SMILES string of the molecule is CN=C(NCC1(OC)CCOCC1)N(C)Cc1ccc(F)cc1.I. The van der Waals surface area contributed by atoms with Crippen LogP contribution < -0.4 is 5.32 Å². The first-order chi connectivity index (χ1) is 11.1. The summed E-state index contributed by atoms with van der Waals surface area (Å²) < 4.78 is 24.1. The molecule has 1 aromatic carbocycles. The van der Waals surface area contributed by atoms with E-state index in [1.807, 2.05) is 11.9 Å². The van der Waals surface area contributed by atoms with Crippen molar-refractivity contribution < 1.29 is 13.9 Å². The normalized spacial score (nSPS) is 17.1. The van der Waals surface area contributed by atoms with Crippen LogP contribution in [-0.4, -0.2) is 57.4 Å². The van der Waals surface area contributed by atoms with Crippen molar-refractivity contribution in [1.82, 2.24) is 10.2 Å². The van der Waals surface area contributed by atoms with E-state index in [9.17, 15) is 4.39 Å². The Morgan fingerprint density at radius 3 is 2.50 bits per heavy atom. The van der Waals surface area contributed by atoms with Gasteiger partial charge in [-0.1, -0.05) is 12.1 Å². The molecule has 0 spiro atoms. The Bertz CT molecular complexity index is 519. The Labute approximate surface area is 160 Å². The van der Waals surface area contributed by atoms with E-state index in [2.05, 4.69) is 10.3 Å². The van der Waals surface area contributed by atoms with Crippen LogP contribution in [0.3, 0.4) is 0 Å². The topological polar surface area (TPSA) is 46.1 Å². The molecular weight excluding hydrogens is 424 g/mol. The van der Waals surface area contributed by atoms with Crippen molar-refractivity contribution in [3.05, 3.63) is 35.6 Å². The first kappa shape index (κ1) is 21.1. The minimum Gasteiger partial charge on any atom is -0.381 e. The lowest BCUT2D eigenvalue weighted by Gasteiger charge is -2.37. The van der Waals surface area contributed by atoms with Gasteiger partial charge in [-0.05, 0) is 17.7 Å². The predicted octanol–water partition coefficient (Wildman–Crippen LogP) is 2.65. The molecule has 5 nitrogen and oxygen atoms in total. The molecule has 24 heavy (non-hydrogen) atoms. The quantitative estimate of drug-likeness (QED) is 0.425. The van der Waals surface area contributed by atoms with Crippen LogP contribution in [-0.2, 0) is 16.0 Å². The van der Waals surface area contributed by atoms with Crippen LogP contribution in [0.1, 0.15) is 18.4 Å². The van der Waals surface area contributed by atoms with Gasteiger partial charge in [0.05, 0.1) is 5.60 Å². The second kappa shape index (κ2) is 10.1. The van der Waals surface area contributed by atoms with Gasteiger partial charge in [0, 0.05) is 60.4 Å². The fourth-order valence-corrected chi connectivity index (χ4v) is 2.76. The van der Waals surface area contributed by atoms with E-state index in [-0.39, 0.29) is 35.4 Å². The van der Waals surface area contributed by atoms with Crippen LogP contribution in [0.5, 0.6) is 0 Å². The third kappa shape index (κ3) is 5.86. The van der Waals surface area contributed by atoms with Gasteiger partial charge in [0.15, 0.2) is 5.96 Å². The fourth-order valence-electron chi connectivity index (χ4n) is 2.76. The largest absolute Gasteiger partial charge is 0.381 e. The van der Waals surface area contributed by atoms with Crippen LogP contribution in [0.4, 0.5) is 4.39 Å². The zero-order chi connectivity index (χ0) is 16.7. The highest BCUT2D eigenvalue weighted by molar-refractivity contribution is 14.0. The van der Waals surface area contributed by atoms with Crippen LogP contribution in [0.25, 0.3) is 0 Å². The molecule has 0 aliphatic carbocycles. The van der Waals surface area contributed by atoms with Gasteiger partial charge in [0.1, 0.15) is 5.82 Å². The predicted molar refractivity (Wildman–Crippen MR) is 104 cm³/mol. The molecule has 1 heterocycles. The summed E-state index contributed by atoms with van der Waals surface area (Å²) in [6.07, 6.45) is 1.74. The first-order valence-electron chi connectivity index (χ1n) is 7.88. The molecule has 0 unspecified atom stereocenters. The summed E-state index contributed by atoms with van der Waals surface area (Å²) in [6, 6.07) is 6.52. The molecule has 7 heteroatoms.